The summed E-state index contributed by atoms with van der Waals surface area (Å²) >= 11 is 0. The van der Waals surface area contributed by atoms with Gasteiger partial charge in [-0.3, -0.25) is 4.57 Å². The topological polar surface area (TPSA) is 161 Å². The van der Waals surface area contributed by atoms with E-state index < -0.39 is 12.6 Å². The SMILES string of the molecule is C=COC(=O)OCCCOC(O)n1cnc2c(N)nc(N)nc21. The highest BCUT2D eigenvalue weighted by atomic mass is 16.7. The van der Waals surface area contributed by atoms with Crippen molar-refractivity contribution in [3.05, 3.63) is 19.2 Å². The highest BCUT2D eigenvalue weighted by molar-refractivity contribution is 5.82. The van der Waals surface area contributed by atoms with Crippen molar-refractivity contribution in [3.8, 4) is 0 Å². The van der Waals surface area contributed by atoms with E-state index in [4.69, 9.17) is 16.2 Å². The van der Waals surface area contributed by atoms with E-state index in [1.54, 1.807) is 0 Å². The minimum Gasteiger partial charge on any atom is -0.434 e. The van der Waals surface area contributed by atoms with E-state index in [1.807, 2.05) is 0 Å². The number of ether oxygens (including phenoxy) is 3. The van der Waals surface area contributed by atoms with Crippen LogP contribution >= 0.6 is 0 Å². The van der Waals surface area contributed by atoms with Crippen molar-refractivity contribution in [3.63, 3.8) is 0 Å². The summed E-state index contributed by atoms with van der Waals surface area (Å²) in [4.78, 5) is 22.6. The predicted octanol–water partition coefficient (Wildman–Crippen LogP) is 0.143. The molecule has 0 fully saturated rings. The maximum atomic E-state index is 10.9. The number of aliphatic hydroxyl groups is 1. The molecule has 2 heterocycles. The van der Waals surface area contributed by atoms with Crippen molar-refractivity contribution in [1.29, 1.82) is 0 Å². The third-order valence-corrected chi connectivity index (χ3v) is 2.66. The van der Waals surface area contributed by atoms with E-state index in [0.29, 0.717) is 11.9 Å². The molecule has 0 aliphatic rings. The molecular formula is C12H16N6O5. The summed E-state index contributed by atoms with van der Waals surface area (Å²) in [5.41, 5.74) is 11.7. The first-order valence-corrected chi connectivity index (χ1v) is 6.52. The second-order valence-corrected chi connectivity index (χ2v) is 4.22. The molecule has 0 saturated carbocycles. The van der Waals surface area contributed by atoms with E-state index in [-0.39, 0.29) is 30.6 Å². The number of fused-ring (bicyclic) bond motifs is 1. The molecule has 23 heavy (non-hydrogen) atoms. The molecule has 5 N–H and O–H groups in total. The van der Waals surface area contributed by atoms with Gasteiger partial charge in [-0.25, -0.2) is 9.78 Å². The average Bonchev–Trinajstić information content (AvgIpc) is 2.91. The largest absolute Gasteiger partial charge is 0.513 e. The number of nitrogen functional groups attached to an aromatic ring is 2. The normalized spacial score (nSPS) is 12.0. The van der Waals surface area contributed by atoms with E-state index in [2.05, 4.69) is 31.0 Å². The Kier molecular flexibility index (Phi) is 5.28. The monoisotopic (exact) mass is 324 g/mol. The first kappa shape index (κ1) is 16.5. The van der Waals surface area contributed by atoms with Gasteiger partial charge < -0.3 is 30.8 Å². The van der Waals surface area contributed by atoms with Crippen LogP contribution in [0, 0.1) is 0 Å². The number of imidazole rings is 1. The Labute approximate surface area is 130 Å². The lowest BCUT2D eigenvalue weighted by molar-refractivity contribution is -0.152. The molecule has 1 atom stereocenters. The average molecular weight is 324 g/mol. The van der Waals surface area contributed by atoms with Gasteiger partial charge in [-0.05, 0) is 0 Å². The zero-order valence-corrected chi connectivity index (χ0v) is 12.1. The quantitative estimate of drug-likeness (QED) is 0.276. The van der Waals surface area contributed by atoms with Gasteiger partial charge in [0.15, 0.2) is 17.0 Å². The van der Waals surface area contributed by atoms with Crippen LogP contribution in [0.3, 0.4) is 0 Å². The zero-order valence-electron chi connectivity index (χ0n) is 12.1. The van der Waals surface area contributed by atoms with Crippen molar-refractivity contribution >= 4 is 29.1 Å². The van der Waals surface area contributed by atoms with Crippen LogP contribution in [0.15, 0.2) is 19.2 Å². The standard InChI is InChI=1S/C12H16N6O5/c1-2-21-12(20)23-5-3-4-22-11(19)18-6-15-7-8(13)16-10(14)17-9(7)18/h2,6,11,19H,1,3-5H2,(H4,13,14,16,17). The Balaban J connectivity index is 1.88. The summed E-state index contributed by atoms with van der Waals surface area (Å²) in [6.07, 6.45) is 0.400. The number of anilines is 2. The third kappa shape index (κ3) is 4.05. The Morgan fingerprint density at radius 2 is 2.22 bits per heavy atom. The summed E-state index contributed by atoms with van der Waals surface area (Å²) in [7, 11) is 0. The molecule has 2 aromatic rings. The lowest BCUT2D eigenvalue weighted by atomic mass is 10.5. The van der Waals surface area contributed by atoms with Crippen LogP contribution in [-0.4, -0.2) is 44.0 Å². The molecule has 2 rings (SSSR count). The smallest absolute Gasteiger partial charge is 0.434 e. The number of nitrogens with two attached hydrogens (primary N) is 2. The summed E-state index contributed by atoms with van der Waals surface area (Å²) < 4.78 is 15.5. The molecule has 11 nitrogen and oxygen atoms in total. The summed E-state index contributed by atoms with van der Waals surface area (Å²) in [5.74, 6) is 0.0608. The molecule has 11 heteroatoms. The summed E-state index contributed by atoms with van der Waals surface area (Å²) in [6, 6.07) is 0. The van der Waals surface area contributed by atoms with Crippen molar-refractivity contribution in [2.45, 2.75) is 12.8 Å². The fourth-order valence-corrected chi connectivity index (χ4v) is 1.70. The van der Waals surface area contributed by atoms with E-state index in [1.165, 1.54) is 10.9 Å². The molecule has 0 radical (unpaired) electrons. The van der Waals surface area contributed by atoms with Gasteiger partial charge in [0.2, 0.25) is 12.4 Å². The lowest BCUT2D eigenvalue weighted by Crippen LogP contribution is -2.15. The molecular weight excluding hydrogens is 308 g/mol. The highest BCUT2D eigenvalue weighted by Crippen LogP contribution is 2.20. The maximum Gasteiger partial charge on any atom is 0.513 e. The van der Waals surface area contributed by atoms with Gasteiger partial charge >= 0.3 is 6.16 Å². The molecule has 1 unspecified atom stereocenters. The van der Waals surface area contributed by atoms with E-state index >= 15 is 0 Å². The number of hydrogen-bond acceptors (Lipinski definition) is 10. The second kappa shape index (κ2) is 7.38. The van der Waals surface area contributed by atoms with E-state index in [9.17, 15) is 9.90 Å². The van der Waals surface area contributed by atoms with Gasteiger partial charge in [0.25, 0.3) is 0 Å². The van der Waals surface area contributed by atoms with Crippen LogP contribution in [-0.2, 0) is 14.2 Å². The summed E-state index contributed by atoms with van der Waals surface area (Å²) in [5, 5.41) is 9.99. The van der Waals surface area contributed by atoms with Crippen LogP contribution in [0.2, 0.25) is 0 Å². The molecule has 0 spiro atoms. The molecule has 0 aromatic carbocycles. The molecule has 0 aliphatic heterocycles. The number of aromatic nitrogens is 4. The van der Waals surface area contributed by atoms with Crippen molar-refractivity contribution in [1.82, 2.24) is 19.5 Å². The van der Waals surface area contributed by atoms with Crippen LogP contribution in [0.4, 0.5) is 16.6 Å². The first-order chi connectivity index (χ1) is 11.0. The van der Waals surface area contributed by atoms with Gasteiger partial charge in [0.05, 0.1) is 19.5 Å². The van der Waals surface area contributed by atoms with Gasteiger partial charge in [-0.2, -0.15) is 9.97 Å². The van der Waals surface area contributed by atoms with Crippen molar-refractivity contribution in [2.24, 2.45) is 0 Å². The van der Waals surface area contributed by atoms with Crippen molar-refractivity contribution < 1.29 is 24.1 Å². The van der Waals surface area contributed by atoms with Crippen LogP contribution in [0.25, 0.3) is 11.2 Å². The lowest BCUT2D eigenvalue weighted by Gasteiger charge is -2.13. The number of carbonyl (C=O) groups is 1. The Morgan fingerprint density at radius 1 is 1.43 bits per heavy atom. The highest BCUT2D eigenvalue weighted by Gasteiger charge is 2.15. The fourth-order valence-electron chi connectivity index (χ4n) is 1.70. The molecule has 2 aromatic heterocycles. The Morgan fingerprint density at radius 3 is 2.96 bits per heavy atom. The first-order valence-electron chi connectivity index (χ1n) is 6.52. The number of aliphatic hydroxyl groups excluding tert-OH is 1. The molecule has 0 amide bonds. The number of carbonyl (C=O) groups excluding carboxylic acids is 1. The second-order valence-electron chi connectivity index (χ2n) is 4.22. The fraction of sp³-hybridized carbons (Fsp3) is 0.333. The number of nitrogens with zero attached hydrogens (tertiary/aromatic N) is 4. The van der Waals surface area contributed by atoms with Gasteiger partial charge in [-0.15, -0.1) is 0 Å². The van der Waals surface area contributed by atoms with Gasteiger partial charge in [0, 0.05) is 6.42 Å². The van der Waals surface area contributed by atoms with Gasteiger partial charge in [-0.1, -0.05) is 6.58 Å². The minimum atomic E-state index is -1.35. The predicted molar refractivity (Wildman–Crippen MR) is 78.6 cm³/mol. The molecule has 0 saturated heterocycles. The van der Waals surface area contributed by atoms with Crippen LogP contribution in [0.5, 0.6) is 0 Å². The minimum absolute atomic E-state index is 0.0434. The van der Waals surface area contributed by atoms with Crippen LogP contribution in [0.1, 0.15) is 12.8 Å². The van der Waals surface area contributed by atoms with E-state index in [0.717, 1.165) is 6.26 Å². The van der Waals surface area contributed by atoms with Gasteiger partial charge in [0.1, 0.15) is 6.33 Å². The molecule has 0 aliphatic carbocycles. The van der Waals surface area contributed by atoms with Crippen molar-refractivity contribution in [2.75, 3.05) is 24.7 Å². The maximum absolute atomic E-state index is 10.9. The molecule has 124 valence electrons. The van der Waals surface area contributed by atoms with Crippen LogP contribution < -0.4 is 11.5 Å². The number of rotatable bonds is 7. The third-order valence-electron chi connectivity index (χ3n) is 2.66. The summed E-state index contributed by atoms with van der Waals surface area (Å²) in [6.45, 7) is 3.39. The Bertz CT molecular complexity index is 703. The Hall–Kier alpha value is -2.92. The molecule has 0 bridgehead atoms. The zero-order chi connectivity index (χ0) is 16.8. The number of hydrogen-bond donors (Lipinski definition) is 3.